The highest BCUT2D eigenvalue weighted by molar-refractivity contribution is 8.01. The average molecular weight is 225 g/mol. The average Bonchev–Trinajstić information content (AvgIpc) is 2.00. The molecule has 0 aliphatic carbocycles. The molecule has 13 heavy (non-hydrogen) atoms. The molecule has 0 bridgehead atoms. The Morgan fingerprint density at radius 2 is 1.92 bits per heavy atom. The maximum atomic E-state index is 10.8. The van der Waals surface area contributed by atoms with E-state index in [0.717, 1.165) is 0 Å². The fourth-order valence-corrected chi connectivity index (χ4v) is 3.16. The van der Waals surface area contributed by atoms with E-state index in [-0.39, 0.29) is 5.75 Å². The van der Waals surface area contributed by atoms with Gasteiger partial charge in [-0.1, -0.05) is 6.92 Å². The van der Waals surface area contributed by atoms with Crippen molar-refractivity contribution in [1.82, 2.24) is 5.32 Å². The van der Waals surface area contributed by atoms with Crippen LogP contribution in [0, 0.1) is 0 Å². The van der Waals surface area contributed by atoms with Crippen LogP contribution in [0.5, 0.6) is 0 Å². The number of thioether (sulfide) groups is 1. The molecule has 0 amide bonds. The predicted octanol–water partition coefficient (Wildman–Crippen LogP) is 0.761. The van der Waals surface area contributed by atoms with Gasteiger partial charge in [0, 0.05) is 23.3 Å². The zero-order valence-electron chi connectivity index (χ0n) is 8.70. The second-order valence-corrected chi connectivity index (χ2v) is 7.03. The SMILES string of the molecule is CNC(C)C(C)SCCS(C)(=O)=O. The zero-order valence-corrected chi connectivity index (χ0v) is 10.3. The Kier molecular flexibility index (Phi) is 6.00. The van der Waals surface area contributed by atoms with Crippen molar-refractivity contribution in [2.24, 2.45) is 0 Å². The molecule has 2 unspecified atom stereocenters. The van der Waals surface area contributed by atoms with Gasteiger partial charge in [0.05, 0.1) is 5.75 Å². The molecule has 0 fully saturated rings. The molecule has 1 N–H and O–H groups in total. The summed E-state index contributed by atoms with van der Waals surface area (Å²) in [5, 5.41) is 3.59. The van der Waals surface area contributed by atoms with Gasteiger partial charge in [-0.2, -0.15) is 11.8 Å². The van der Waals surface area contributed by atoms with Crippen molar-refractivity contribution < 1.29 is 8.42 Å². The molecular formula is C8H19NO2S2. The molecule has 80 valence electrons. The third kappa shape index (κ3) is 7.34. The standard InChI is InChI=1S/C8H19NO2S2/c1-7(9-3)8(2)12-5-6-13(4,10)11/h7-9H,5-6H2,1-4H3. The van der Waals surface area contributed by atoms with Crippen LogP contribution in [-0.4, -0.2) is 44.5 Å². The quantitative estimate of drug-likeness (QED) is 0.725. The summed E-state index contributed by atoms with van der Waals surface area (Å²) in [6.07, 6.45) is 1.28. The lowest BCUT2D eigenvalue weighted by atomic mass is 10.3. The monoisotopic (exact) mass is 225 g/mol. The van der Waals surface area contributed by atoms with Gasteiger partial charge in [0.1, 0.15) is 9.84 Å². The van der Waals surface area contributed by atoms with Crippen LogP contribution in [0.15, 0.2) is 0 Å². The summed E-state index contributed by atoms with van der Waals surface area (Å²) < 4.78 is 21.6. The van der Waals surface area contributed by atoms with Crippen LogP contribution in [-0.2, 0) is 9.84 Å². The number of sulfone groups is 1. The van der Waals surface area contributed by atoms with E-state index < -0.39 is 9.84 Å². The predicted molar refractivity (Wildman–Crippen MR) is 60.2 cm³/mol. The molecule has 0 rings (SSSR count). The van der Waals surface area contributed by atoms with Gasteiger partial charge in [-0.15, -0.1) is 0 Å². The van der Waals surface area contributed by atoms with E-state index in [1.165, 1.54) is 6.26 Å². The summed E-state index contributed by atoms with van der Waals surface area (Å²) in [4.78, 5) is 0. The fraction of sp³-hybridized carbons (Fsp3) is 1.00. The lowest BCUT2D eigenvalue weighted by Crippen LogP contribution is -2.31. The summed E-state index contributed by atoms with van der Waals surface area (Å²) in [7, 11) is -0.878. The minimum Gasteiger partial charge on any atom is -0.316 e. The molecule has 0 radical (unpaired) electrons. The van der Waals surface area contributed by atoms with E-state index >= 15 is 0 Å². The van der Waals surface area contributed by atoms with Crippen LogP contribution < -0.4 is 5.32 Å². The molecule has 2 atom stereocenters. The molecule has 0 aliphatic heterocycles. The van der Waals surface area contributed by atoms with Crippen LogP contribution >= 0.6 is 11.8 Å². The minimum atomic E-state index is -2.79. The molecule has 0 spiro atoms. The second kappa shape index (κ2) is 5.88. The maximum absolute atomic E-state index is 10.8. The first kappa shape index (κ1) is 13.3. The number of nitrogens with one attached hydrogen (secondary N) is 1. The van der Waals surface area contributed by atoms with Gasteiger partial charge in [0.15, 0.2) is 0 Å². The molecular weight excluding hydrogens is 206 g/mol. The molecule has 0 aromatic rings. The van der Waals surface area contributed by atoms with Crippen molar-refractivity contribution in [1.29, 1.82) is 0 Å². The number of hydrogen-bond acceptors (Lipinski definition) is 4. The molecule has 0 aliphatic rings. The Hall–Kier alpha value is 0.260. The van der Waals surface area contributed by atoms with E-state index in [9.17, 15) is 8.42 Å². The number of rotatable bonds is 6. The van der Waals surface area contributed by atoms with Crippen molar-refractivity contribution >= 4 is 21.6 Å². The first-order chi connectivity index (χ1) is 5.87. The highest BCUT2D eigenvalue weighted by atomic mass is 32.2. The summed E-state index contributed by atoms with van der Waals surface area (Å²) >= 11 is 1.69. The van der Waals surface area contributed by atoms with Crippen LogP contribution in [0.4, 0.5) is 0 Å². The minimum absolute atomic E-state index is 0.276. The second-order valence-electron chi connectivity index (χ2n) is 3.28. The molecule has 5 heteroatoms. The maximum Gasteiger partial charge on any atom is 0.148 e. The lowest BCUT2D eigenvalue weighted by Gasteiger charge is -2.18. The zero-order chi connectivity index (χ0) is 10.5. The Morgan fingerprint density at radius 3 is 2.31 bits per heavy atom. The van der Waals surface area contributed by atoms with E-state index in [0.29, 0.717) is 17.0 Å². The summed E-state index contributed by atoms with van der Waals surface area (Å²) in [5.41, 5.74) is 0. The van der Waals surface area contributed by atoms with E-state index in [2.05, 4.69) is 19.2 Å². The fourth-order valence-electron chi connectivity index (χ4n) is 0.764. The van der Waals surface area contributed by atoms with Crippen molar-refractivity contribution in [3.63, 3.8) is 0 Å². The normalized spacial score (nSPS) is 16.9. The van der Waals surface area contributed by atoms with Crippen LogP contribution in [0.2, 0.25) is 0 Å². The van der Waals surface area contributed by atoms with Crippen molar-refractivity contribution in [2.75, 3.05) is 24.8 Å². The highest BCUT2D eigenvalue weighted by Crippen LogP contribution is 2.13. The lowest BCUT2D eigenvalue weighted by molar-refractivity contribution is 0.601. The molecule has 0 aromatic heterocycles. The third-order valence-electron chi connectivity index (χ3n) is 1.99. The van der Waals surface area contributed by atoms with Gasteiger partial charge in [0.25, 0.3) is 0 Å². The Labute approximate surface area is 85.6 Å². The first-order valence-electron chi connectivity index (χ1n) is 4.33. The van der Waals surface area contributed by atoms with E-state index in [1.54, 1.807) is 11.8 Å². The van der Waals surface area contributed by atoms with Gasteiger partial charge >= 0.3 is 0 Å². The van der Waals surface area contributed by atoms with Gasteiger partial charge in [-0.05, 0) is 14.0 Å². The van der Waals surface area contributed by atoms with Crippen LogP contribution in [0.1, 0.15) is 13.8 Å². The molecule has 0 saturated heterocycles. The largest absolute Gasteiger partial charge is 0.316 e. The van der Waals surface area contributed by atoms with E-state index in [1.807, 2.05) is 7.05 Å². The van der Waals surface area contributed by atoms with Gasteiger partial charge in [-0.25, -0.2) is 8.42 Å². The molecule has 0 aromatic carbocycles. The number of hydrogen-bond donors (Lipinski definition) is 1. The highest BCUT2D eigenvalue weighted by Gasteiger charge is 2.11. The Balaban J connectivity index is 3.65. The van der Waals surface area contributed by atoms with E-state index in [4.69, 9.17) is 0 Å². The molecule has 0 heterocycles. The third-order valence-corrected chi connectivity index (χ3v) is 4.57. The van der Waals surface area contributed by atoms with Gasteiger partial charge in [0.2, 0.25) is 0 Å². The Bertz CT molecular complexity index is 226. The van der Waals surface area contributed by atoms with Gasteiger partial charge in [-0.3, -0.25) is 0 Å². The summed E-state index contributed by atoms with van der Waals surface area (Å²) in [6.45, 7) is 4.20. The van der Waals surface area contributed by atoms with Crippen LogP contribution in [0.25, 0.3) is 0 Å². The Morgan fingerprint density at radius 1 is 1.38 bits per heavy atom. The topological polar surface area (TPSA) is 46.2 Å². The molecule has 0 saturated carbocycles. The molecule has 3 nitrogen and oxygen atoms in total. The van der Waals surface area contributed by atoms with Crippen molar-refractivity contribution in [3.05, 3.63) is 0 Å². The van der Waals surface area contributed by atoms with Crippen molar-refractivity contribution in [3.8, 4) is 0 Å². The van der Waals surface area contributed by atoms with Crippen molar-refractivity contribution in [2.45, 2.75) is 25.1 Å². The smallest absolute Gasteiger partial charge is 0.148 e. The summed E-state index contributed by atoms with van der Waals surface area (Å²) in [5.74, 6) is 0.963. The van der Waals surface area contributed by atoms with Crippen LogP contribution in [0.3, 0.4) is 0 Å². The van der Waals surface area contributed by atoms with Gasteiger partial charge < -0.3 is 5.32 Å². The summed E-state index contributed by atoms with van der Waals surface area (Å²) in [6, 6.07) is 0.421. The first-order valence-corrected chi connectivity index (χ1v) is 7.44.